The molecule has 7 aliphatic rings. The lowest BCUT2D eigenvalue weighted by molar-refractivity contribution is -0.276. The molecule has 41 heavy (non-hydrogen) atoms. The quantitative estimate of drug-likeness (QED) is 0.214. The predicted molar refractivity (Wildman–Crippen MR) is 155 cm³/mol. The summed E-state index contributed by atoms with van der Waals surface area (Å²) in [6, 6.07) is 0. The van der Waals surface area contributed by atoms with E-state index in [4.69, 9.17) is 14.3 Å². The van der Waals surface area contributed by atoms with Gasteiger partial charge in [0.25, 0.3) is 0 Å². The first-order valence-corrected chi connectivity index (χ1v) is 16.1. The van der Waals surface area contributed by atoms with Gasteiger partial charge in [-0.05, 0) is 104 Å². The van der Waals surface area contributed by atoms with Crippen LogP contribution in [0.4, 0.5) is 0 Å². The summed E-state index contributed by atoms with van der Waals surface area (Å²) in [5.74, 6) is 1.11. The van der Waals surface area contributed by atoms with Gasteiger partial charge in [0.05, 0.1) is 6.61 Å². The first-order valence-electron chi connectivity index (χ1n) is 16.1. The van der Waals surface area contributed by atoms with Crippen molar-refractivity contribution in [2.75, 3.05) is 6.61 Å². The van der Waals surface area contributed by atoms with E-state index in [-0.39, 0.29) is 51.4 Å². The molecular weight excluding hydrogens is 518 g/mol. The monoisotopic (exact) mass is 569 g/mol. The van der Waals surface area contributed by atoms with Crippen LogP contribution in [0.15, 0.2) is 5.16 Å². The van der Waals surface area contributed by atoms with E-state index >= 15 is 0 Å². The molecule has 228 valence electrons. The van der Waals surface area contributed by atoms with Crippen molar-refractivity contribution in [3.8, 4) is 0 Å². The molecule has 2 bridgehead atoms. The largest absolute Gasteiger partial charge is 0.462 e. The Morgan fingerprint density at radius 1 is 0.854 bits per heavy atom. The number of ether oxygens (including phenoxy) is 2. The van der Waals surface area contributed by atoms with Crippen molar-refractivity contribution >= 4 is 23.4 Å². The molecule has 5 aliphatic carbocycles. The lowest BCUT2D eigenvalue weighted by Crippen LogP contribution is -2.76. The number of nitrogens with zero attached hydrogens (tertiary/aromatic N) is 1. The fraction of sp³-hybridized carbons (Fsp3) is 0.882. The molecule has 0 radical (unpaired) electrons. The highest BCUT2D eigenvalue weighted by Crippen LogP contribution is 2.77. The van der Waals surface area contributed by atoms with Gasteiger partial charge in [0, 0.05) is 24.7 Å². The molecule has 0 aromatic carbocycles. The van der Waals surface area contributed by atoms with Gasteiger partial charge in [-0.3, -0.25) is 9.59 Å². The SMILES string of the molecule is CC(=O)O/N=C1/C(=O)[C@@]2(C)OC[C@@]13CC[C@]1(C)[C@@H](CC[C@@H]4[C@]5(C)CC[C@H](OC(C)=O)C(C)(C)[C@@H]5CC[C@@]41C)[C@H]3[C@@H]2C. The van der Waals surface area contributed by atoms with Crippen LogP contribution in [0.5, 0.6) is 0 Å². The maximum Gasteiger partial charge on any atom is 0.331 e. The van der Waals surface area contributed by atoms with Crippen LogP contribution in [0.25, 0.3) is 0 Å². The molecule has 0 N–H and O–H groups in total. The molecule has 0 unspecified atom stereocenters. The maximum absolute atomic E-state index is 13.8. The zero-order valence-corrected chi connectivity index (χ0v) is 26.7. The van der Waals surface area contributed by atoms with Gasteiger partial charge in [0.2, 0.25) is 5.78 Å². The van der Waals surface area contributed by atoms with E-state index in [1.807, 2.05) is 6.92 Å². The van der Waals surface area contributed by atoms with Crippen LogP contribution in [0.2, 0.25) is 0 Å². The van der Waals surface area contributed by atoms with Crippen LogP contribution in [0.1, 0.15) is 114 Å². The van der Waals surface area contributed by atoms with Crippen LogP contribution in [-0.4, -0.2) is 41.7 Å². The molecule has 0 aromatic rings. The molecule has 2 saturated heterocycles. The van der Waals surface area contributed by atoms with Crippen LogP contribution in [0, 0.1) is 56.7 Å². The molecule has 11 atom stereocenters. The molecular formula is C34H51NO6. The van der Waals surface area contributed by atoms with Gasteiger partial charge >= 0.3 is 11.9 Å². The lowest BCUT2D eigenvalue weighted by Gasteiger charge is -2.75. The topological polar surface area (TPSA) is 91.3 Å². The summed E-state index contributed by atoms with van der Waals surface area (Å²) < 4.78 is 12.3. The fourth-order valence-electron chi connectivity index (χ4n) is 12.5. The predicted octanol–water partition coefficient (Wildman–Crippen LogP) is 6.52. The highest BCUT2D eigenvalue weighted by Gasteiger charge is 2.75. The Kier molecular flexibility index (Phi) is 6.36. The second-order valence-electron chi connectivity index (χ2n) is 16.3. The molecule has 2 aliphatic heterocycles. The van der Waals surface area contributed by atoms with Crippen LogP contribution in [0.3, 0.4) is 0 Å². The molecule has 7 rings (SSSR count). The van der Waals surface area contributed by atoms with Crippen molar-refractivity contribution in [3.05, 3.63) is 0 Å². The Balaban J connectivity index is 1.38. The third kappa shape index (κ3) is 3.53. The third-order valence-electron chi connectivity index (χ3n) is 14.8. The standard InChI is InChI=1S/C34H51NO6/c1-19-26-22-10-11-24-30(6)14-13-25(40-20(2)36)29(4,5)23(30)12-15-32(24,8)31(22,7)16-17-34(26)18-39-33(19,9)28(38)27(34)35-41-21(3)37/h19,22-26H,10-18H2,1-9H3/b35-27-/t19-,22-,23-,24+,25-,26+,30+,31+,32-,33-,34+/m0/s1. The minimum absolute atomic E-state index is 0.0178. The molecule has 5 saturated carbocycles. The third-order valence-corrected chi connectivity index (χ3v) is 14.8. The van der Waals surface area contributed by atoms with Crippen LogP contribution < -0.4 is 0 Å². The smallest absolute Gasteiger partial charge is 0.331 e. The Morgan fingerprint density at radius 3 is 2.22 bits per heavy atom. The number of oxime groups is 1. The molecule has 1 spiro atoms. The molecule has 7 nitrogen and oxygen atoms in total. The van der Waals surface area contributed by atoms with Crippen molar-refractivity contribution in [1.29, 1.82) is 0 Å². The van der Waals surface area contributed by atoms with Gasteiger partial charge in [-0.2, -0.15) is 0 Å². The summed E-state index contributed by atoms with van der Waals surface area (Å²) in [5.41, 5.74) is -0.566. The highest BCUT2D eigenvalue weighted by atomic mass is 16.7. The number of fused-ring (bicyclic) bond motifs is 7. The first-order chi connectivity index (χ1) is 19.0. The van der Waals surface area contributed by atoms with Gasteiger partial charge in [-0.15, -0.1) is 0 Å². The average Bonchev–Trinajstić information content (AvgIpc) is 2.87. The second-order valence-corrected chi connectivity index (χ2v) is 16.3. The Bertz CT molecular complexity index is 1210. The van der Waals surface area contributed by atoms with E-state index < -0.39 is 17.0 Å². The van der Waals surface area contributed by atoms with Gasteiger partial charge in [0.15, 0.2) is 0 Å². The zero-order chi connectivity index (χ0) is 30.0. The number of hydrogen-bond donors (Lipinski definition) is 0. The maximum atomic E-state index is 13.8. The van der Waals surface area contributed by atoms with Gasteiger partial charge in [0.1, 0.15) is 17.4 Å². The highest BCUT2D eigenvalue weighted by molar-refractivity contribution is 6.45. The summed E-state index contributed by atoms with van der Waals surface area (Å²) in [7, 11) is 0. The Labute approximate surface area is 245 Å². The lowest BCUT2D eigenvalue weighted by atomic mass is 9.30. The number of rotatable bonds is 2. The number of ketones is 1. The van der Waals surface area contributed by atoms with Crippen molar-refractivity contribution in [1.82, 2.24) is 0 Å². The van der Waals surface area contributed by atoms with Crippen molar-refractivity contribution in [2.45, 2.75) is 125 Å². The van der Waals surface area contributed by atoms with Gasteiger partial charge in [-0.1, -0.05) is 46.7 Å². The number of esters is 1. The molecule has 2 heterocycles. The van der Waals surface area contributed by atoms with Gasteiger partial charge < -0.3 is 14.3 Å². The zero-order valence-electron chi connectivity index (χ0n) is 26.7. The van der Waals surface area contributed by atoms with E-state index in [0.717, 1.165) is 38.5 Å². The van der Waals surface area contributed by atoms with Crippen LogP contribution >= 0.6 is 0 Å². The van der Waals surface area contributed by atoms with E-state index in [1.54, 1.807) is 6.92 Å². The molecule has 7 heteroatoms. The van der Waals surface area contributed by atoms with Crippen LogP contribution in [-0.2, 0) is 28.7 Å². The second kappa shape index (κ2) is 8.89. The Hall–Kier alpha value is -1.76. The molecule has 0 aromatic heterocycles. The minimum Gasteiger partial charge on any atom is -0.462 e. The van der Waals surface area contributed by atoms with E-state index in [0.29, 0.717) is 30.1 Å². The fourth-order valence-corrected chi connectivity index (χ4v) is 12.5. The van der Waals surface area contributed by atoms with E-state index in [1.165, 1.54) is 19.8 Å². The Morgan fingerprint density at radius 2 is 1.56 bits per heavy atom. The number of carbonyl (C=O) groups is 3. The summed E-state index contributed by atoms with van der Waals surface area (Å²) in [5, 5.41) is 4.27. The van der Waals surface area contributed by atoms with Crippen molar-refractivity contribution < 1.29 is 28.7 Å². The number of carbonyl (C=O) groups excluding carboxylic acids is 3. The van der Waals surface area contributed by atoms with Crippen molar-refractivity contribution in [2.24, 2.45) is 61.8 Å². The van der Waals surface area contributed by atoms with E-state index in [9.17, 15) is 14.4 Å². The summed E-state index contributed by atoms with van der Waals surface area (Å²) in [4.78, 5) is 42.7. The summed E-state index contributed by atoms with van der Waals surface area (Å²) in [6.45, 7) is 19.9. The molecule has 7 fully saturated rings. The first kappa shape index (κ1) is 29.3. The van der Waals surface area contributed by atoms with Gasteiger partial charge in [-0.25, -0.2) is 4.79 Å². The van der Waals surface area contributed by atoms with Crippen molar-refractivity contribution in [3.63, 3.8) is 0 Å². The number of Topliss-reactive ketones (excluding diaryl/α,β-unsaturated/α-hetero) is 1. The molecule has 0 amide bonds. The summed E-state index contributed by atoms with van der Waals surface area (Å²) >= 11 is 0. The normalized spacial score (nSPS) is 52.5. The average molecular weight is 570 g/mol. The minimum atomic E-state index is -0.940. The van der Waals surface area contributed by atoms with E-state index in [2.05, 4.69) is 46.7 Å². The summed E-state index contributed by atoms with van der Waals surface area (Å²) in [6.07, 6.45) is 8.51. The number of hydrogen-bond acceptors (Lipinski definition) is 7.